The van der Waals surface area contributed by atoms with E-state index in [1.807, 2.05) is 19.9 Å². The fourth-order valence-electron chi connectivity index (χ4n) is 15.4. The van der Waals surface area contributed by atoms with Gasteiger partial charge in [0, 0.05) is 116 Å². The number of fused-ring (bicyclic) bond motifs is 1. The number of carbonyl (C=O) groups is 14. The number of hydrogen-bond acceptors (Lipinski definition) is 39. The topological polar surface area (TPSA) is 719 Å². The minimum atomic E-state index is -2.13. The zero-order valence-electron chi connectivity index (χ0n) is 70.0. The SMILES string of the molecule is CC1=C[C@H]2O[C@@H]3C[C@H]4OC(=O)/C=C\C=C\C(=O)OCC[C@@H](C)[C@H](OC(=O)OCCSSC[C@@H](C=O)NC(=O)[C@H](CCC(=O)NC[C@H](O)[C@@H](O)[C@H](O)[C@H](O)CO)CC(=O)[C@H](CCC(=O)O)NC(=O)[C@H](CCC(=O)NC[C@H](O)[C@@H](O)[C@H](O)[C@H](O)CO)CC(=O)CC[C@H](NC(=O)c5ccc(NCc6cnc7nc(N)[nH]c(=O)c7n6)cc5)C(=O)O)C(=O)OC[C@@]2(CC1)[C@]4(C)[C@]31CO1. The lowest BCUT2D eigenvalue weighted by molar-refractivity contribution is -0.234. The summed E-state index contributed by atoms with van der Waals surface area (Å²) in [7, 11) is 1.97. The average molecular weight is 1840 g/mol. The summed E-state index contributed by atoms with van der Waals surface area (Å²) in [6.45, 7) is 1.14. The van der Waals surface area contributed by atoms with Crippen LogP contribution in [0.5, 0.6) is 0 Å². The Morgan fingerprint density at radius 2 is 1.34 bits per heavy atom. The molecular formula is C81H109N11O34S2. The molecule has 8 rings (SSSR count). The normalized spacial score (nSPS) is 24.5. The van der Waals surface area contributed by atoms with Gasteiger partial charge in [-0.3, -0.25) is 48.1 Å². The van der Waals surface area contributed by atoms with Gasteiger partial charge in [0.15, 0.2) is 16.9 Å². The quantitative estimate of drug-likeness (QED) is 0.00495. The van der Waals surface area contributed by atoms with Gasteiger partial charge in [-0.1, -0.05) is 59.2 Å². The van der Waals surface area contributed by atoms with Gasteiger partial charge in [0.1, 0.15) is 79.7 Å². The minimum absolute atomic E-state index is 0.00925. The first kappa shape index (κ1) is 103. The largest absolute Gasteiger partial charge is 0.509 e. The number of esters is 3. The van der Waals surface area contributed by atoms with E-state index in [0.717, 1.165) is 33.2 Å². The van der Waals surface area contributed by atoms with Crippen LogP contribution in [0, 0.1) is 28.6 Å². The van der Waals surface area contributed by atoms with Gasteiger partial charge >= 0.3 is 36.0 Å². The van der Waals surface area contributed by atoms with Gasteiger partial charge < -0.3 is 137 Å². The van der Waals surface area contributed by atoms with E-state index in [2.05, 4.69) is 51.8 Å². The molecule has 2 spiro atoms. The number of aldehydes is 1. The molecule has 704 valence electrons. The molecular weight excluding hydrogens is 1740 g/mol. The second-order valence-electron chi connectivity index (χ2n) is 31.9. The van der Waals surface area contributed by atoms with Crippen molar-refractivity contribution in [2.75, 3.05) is 75.3 Å². The molecule has 45 nitrogen and oxygen atoms in total. The van der Waals surface area contributed by atoms with Crippen LogP contribution in [0.15, 0.2) is 71.2 Å². The van der Waals surface area contributed by atoms with Gasteiger partial charge in [0.25, 0.3) is 11.5 Å². The zero-order valence-corrected chi connectivity index (χ0v) is 71.6. The van der Waals surface area contributed by atoms with Crippen LogP contribution in [0.1, 0.15) is 127 Å². The number of amides is 5. The van der Waals surface area contributed by atoms with E-state index in [4.69, 9.17) is 38.9 Å². The summed E-state index contributed by atoms with van der Waals surface area (Å²) in [4.78, 5) is 216. The number of benzene rings is 1. The number of aliphatic hydroxyl groups excluding tert-OH is 10. The molecule has 0 unspecified atom stereocenters. The Hall–Kier alpha value is -10.5. The van der Waals surface area contributed by atoms with E-state index in [0.29, 0.717) is 30.5 Å². The molecule has 2 saturated heterocycles. The first-order valence-corrected chi connectivity index (χ1v) is 43.6. The molecule has 2 aliphatic carbocycles. The maximum atomic E-state index is 14.7. The van der Waals surface area contributed by atoms with Crippen LogP contribution in [-0.2, 0) is 97.2 Å². The van der Waals surface area contributed by atoms with Crippen LogP contribution in [0.2, 0.25) is 0 Å². The van der Waals surface area contributed by atoms with E-state index >= 15 is 0 Å². The van der Waals surface area contributed by atoms with Gasteiger partial charge in [-0.05, 0) is 76.1 Å². The molecule has 21 atom stereocenters. The summed E-state index contributed by atoms with van der Waals surface area (Å²) in [5, 5.41) is 135. The molecule has 3 fully saturated rings. The highest BCUT2D eigenvalue weighted by Gasteiger charge is 2.83. The number of aromatic nitrogens is 4. The van der Waals surface area contributed by atoms with E-state index in [1.54, 1.807) is 6.92 Å². The fourth-order valence-corrected chi connectivity index (χ4v) is 17.3. The van der Waals surface area contributed by atoms with Crippen LogP contribution in [-0.4, -0.2) is 326 Å². The predicted octanol–water partition coefficient (Wildman–Crippen LogP) is -3.55. The van der Waals surface area contributed by atoms with E-state index in [1.165, 1.54) is 48.7 Å². The number of ether oxygens (including phenoxy) is 7. The monoisotopic (exact) mass is 1840 g/mol. The summed E-state index contributed by atoms with van der Waals surface area (Å²) in [6, 6.07) is 0.542. The Kier molecular flexibility index (Phi) is 38.7. The van der Waals surface area contributed by atoms with Crippen LogP contribution >= 0.6 is 21.6 Å². The van der Waals surface area contributed by atoms with Crippen molar-refractivity contribution in [3.63, 3.8) is 0 Å². The van der Waals surface area contributed by atoms with E-state index in [-0.39, 0.29) is 80.0 Å². The van der Waals surface area contributed by atoms with Crippen LogP contribution in [0.3, 0.4) is 0 Å². The highest BCUT2D eigenvalue weighted by molar-refractivity contribution is 8.76. The average Bonchev–Trinajstić information content (AvgIpc) is 1.48. The van der Waals surface area contributed by atoms with Crippen molar-refractivity contribution < 1.29 is 162 Å². The summed E-state index contributed by atoms with van der Waals surface area (Å²) in [5.41, 5.74) is 3.74. The number of aliphatic hydroxyl groups is 10. The molecule has 128 heavy (non-hydrogen) atoms. The zero-order chi connectivity index (χ0) is 93.9. The molecule has 47 heteroatoms. The molecule has 3 aliphatic heterocycles. The summed E-state index contributed by atoms with van der Waals surface area (Å²) in [6.07, 6.45) is -18.7. The van der Waals surface area contributed by atoms with Crippen molar-refractivity contribution in [2.45, 2.75) is 214 Å². The lowest BCUT2D eigenvalue weighted by atomic mass is 9.51. The van der Waals surface area contributed by atoms with Crippen molar-refractivity contribution in [2.24, 2.45) is 28.6 Å². The summed E-state index contributed by atoms with van der Waals surface area (Å²) in [5.74, 6) is -17.4. The Labute approximate surface area is 738 Å². The summed E-state index contributed by atoms with van der Waals surface area (Å²) < 4.78 is 41.5. The Balaban J connectivity index is 0.923. The van der Waals surface area contributed by atoms with E-state index in [9.17, 15) is 133 Å². The fraction of sp³-hybridized carbons (Fsp3) is 0.605. The Morgan fingerprint density at radius 3 is 1.95 bits per heavy atom. The molecule has 3 aromatic rings. The van der Waals surface area contributed by atoms with Crippen molar-refractivity contribution in [3.05, 3.63) is 88.0 Å². The number of aliphatic carboxylic acids is 2. The third kappa shape index (κ3) is 28.0. The first-order chi connectivity index (χ1) is 60.8. The number of H-pyrrole nitrogens is 1. The number of carboxylic acids is 2. The number of anilines is 2. The number of nitrogen functional groups attached to an aromatic ring is 1. The Morgan fingerprint density at radius 1 is 0.727 bits per heavy atom. The molecule has 21 N–H and O–H groups in total. The van der Waals surface area contributed by atoms with Crippen molar-refractivity contribution in [1.29, 1.82) is 0 Å². The van der Waals surface area contributed by atoms with Crippen molar-refractivity contribution >= 4 is 128 Å². The number of rotatable bonds is 47. The van der Waals surface area contributed by atoms with Crippen molar-refractivity contribution in [3.8, 4) is 0 Å². The van der Waals surface area contributed by atoms with E-state index < -0.39 is 299 Å². The number of allylic oxidation sites excluding steroid dienone is 3. The number of nitrogens with two attached hydrogens (primary N) is 1. The van der Waals surface area contributed by atoms with Gasteiger partial charge in [-0.2, -0.15) is 4.98 Å². The van der Waals surface area contributed by atoms with Gasteiger partial charge in [-0.15, -0.1) is 0 Å². The Bertz CT molecular complexity index is 4600. The molecule has 2 aromatic heterocycles. The maximum absolute atomic E-state index is 14.7. The predicted molar refractivity (Wildman–Crippen MR) is 444 cm³/mol. The number of hydrogen-bond donors (Lipinski definition) is 20. The second-order valence-corrected chi connectivity index (χ2v) is 34.5. The number of carbonyl (C=O) groups excluding carboxylic acids is 12. The smallest absolute Gasteiger partial charge is 0.481 e. The first-order valence-electron chi connectivity index (χ1n) is 41.1. The lowest BCUT2D eigenvalue weighted by Gasteiger charge is -2.58. The number of ketones is 2. The number of nitrogens with one attached hydrogen (secondary N) is 7. The minimum Gasteiger partial charge on any atom is -0.481 e. The van der Waals surface area contributed by atoms with Crippen LogP contribution in [0.25, 0.3) is 11.2 Å². The number of Topliss-reactive ketones (excluding diaryl/α,β-unsaturated/α-hetero) is 2. The molecule has 2 bridgehead atoms. The number of nitrogens with zero attached hydrogens (tertiary/aromatic N) is 3. The number of aromatic amines is 1. The lowest BCUT2D eigenvalue weighted by Crippen LogP contribution is -2.67. The highest BCUT2D eigenvalue weighted by atomic mass is 33.1. The third-order valence-corrected chi connectivity index (χ3v) is 25.5. The molecule has 5 heterocycles. The second kappa shape index (κ2) is 48.2. The van der Waals surface area contributed by atoms with Gasteiger partial charge in [0.05, 0.1) is 86.8 Å². The summed E-state index contributed by atoms with van der Waals surface area (Å²) >= 11 is 0. The molecule has 5 amide bonds. The van der Waals surface area contributed by atoms with Crippen LogP contribution in [0.4, 0.5) is 16.4 Å². The standard InChI is InChI=1S/C81H109N11O34S2/c1-40-20-22-80-38-122-76(118)69(41(2)21-23-120-62(106)6-4-5-7-63(107)125-56-29-58(124-57(80)26-40)81(39-123-81)79(56,80)3)126-78(119)121-24-25-127-128-37-47(34-93)88-72(113)44(11-18-60(103)85-33-53(99)66(109)68(111)55(101)36-95)28-51(97)49(16-19-61(104)105)89-73(114)43(10-17-59(102)84-32-52(98)65(108)67(110)54(100)35-94)27-48(96)14-15-50(75(116)117)90-71(112)42-8-12-45(13-9-42)83-30-46-31-86-70-64(87-46)74(115)92-77(82)91-70/h4-9,12-13,26,31,34,41,43-44,47,49-50,52-58,65-69,83,94-95,98-101,108-111H,10-11,14-25,27-30,32-33,35-39H2,1-3H3,(H,84,102)(H,85,103)(H,88,113)(H,89,114)(H,90,112)(H,104,105)(H,116,117)(H3,82,86,91,92,115)/b6-4+,7-5-/t41-,43-,44-,47-,49+,50+,52+,53+,54-,55-,56-,57-,58-,65-,66-,67-,68-,69+,79-,80-,81+/m1/s1. The molecule has 5 aliphatic rings. The van der Waals surface area contributed by atoms with Gasteiger partial charge in [-0.25, -0.2) is 33.9 Å². The highest BCUT2D eigenvalue weighted by Crippen LogP contribution is 2.72. The van der Waals surface area contributed by atoms with Crippen LogP contribution < -0.4 is 43.2 Å². The molecule has 1 saturated carbocycles. The molecule has 0 radical (unpaired) electrons. The van der Waals surface area contributed by atoms with Gasteiger partial charge in [0.2, 0.25) is 35.7 Å². The maximum Gasteiger partial charge on any atom is 0.509 e. The number of cyclic esters (lactones) is 2. The third-order valence-electron chi connectivity index (χ3n) is 23.1. The van der Waals surface area contributed by atoms with Crippen molar-refractivity contribution in [1.82, 2.24) is 46.5 Å². The molecule has 1 aromatic carbocycles. The number of epoxide rings is 1. The number of carboxylic acid groups (broad SMARTS) is 2.